The van der Waals surface area contributed by atoms with Crippen LogP contribution in [0, 0.1) is 12.3 Å². The molecule has 3 heteroatoms. The number of amides is 1. The van der Waals surface area contributed by atoms with Gasteiger partial charge in [0.2, 0.25) is 5.91 Å². The molecule has 1 aromatic rings. The number of phenolic OH excluding ortho intramolecular Hbond substituents is 1. The number of nitrogens with one attached hydrogen (secondary N) is 1. The molecule has 1 aromatic carbocycles. The number of carbonyl (C=O) groups is 1. The Labute approximate surface area is 89.1 Å². The van der Waals surface area contributed by atoms with Gasteiger partial charge in [0.05, 0.1) is 6.42 Å². The first-order chi connectivity index (χ1) is 7.24. The first-order valence-electron chi connectivity index (χ1n) is 4.71. The van der Waals surface area contributed by atoms with Crippen LogP contribution >= 0.6 is 0 Å². The van der Waals surface area contributed by atoms with Crippen molar-refractivity contribution in [1.29, 1.82) is 0 Å². The molecule has 0 fully saturated rings. The number of aromatic hydroxyl groups is 1. The summed E-state index contributed by atoms with van der Waals surface area (Å²) in [6.07, 6.45) is 5.75. The van der Waals surface area contributed by atoms with E-state index in [1.807, 2.05) is 0 Å². The van der Waals surface area contributed by atoms with E-state index in [0.717, 1.165) is 0 Å². The molecule has 0 atom stereocenters. The SMILES string of the molecule is C#CCCNC(=O)Cc1ccccc1O. The van der Waals surface area contributed by atoms with E-state index in [9.17, 15) is 9.90 Å². The highest BCUT2D eigenvalue weighted by Crippen LogP contribution is 2.15. The second kappa shape index (κ2) is 5.71. The second-order valence-corrected chi connectivity index (χ2v) is 3.11. The standard InChI is InChI=1S/C12H13NO2/c1-2-3-8-13-12(15)9-10-6-4-5-7-11(10)14/h1,4-7,14H,3,8-9H2,(H,13,15). The van der Waals surface area contributed by atoms with Crippen molar-refractivity contribution in [3.8, 4) is 18.1 Å². The average molecular weight is 203 g/mol. The van der Waals surface area contributed by atoms with Crippen LogP contribution in [0.5, 0.6) is 5.75 Å². The summed E-state index contributed by atoms with van der Waals surface area (Å²) in [5, 5.41) is 12.1. The summed E-state index contributed by atoms with van der Waals surface area (Å²) < 4.78 is 0. The zero-order chi connectivity index (χ0) is 11.1. The van der Waals surface area contributed by atoms with Crippen LogP contribution in [-0.2, 0) is 11.2 Å². The van der Waals surface area contributed by atoms with Crippen LogP contribution < -0.4 is 5.32 Å². The fourth-order valence-electron chi connectivity index (χ4n) is 1.17. The topological polar surface area (TPSA) is 49.3 Å². The van der Waals surface area contributed by atoms with Crippen molar-refractivity contribution >= 4 is 5.91 Å². The van der Waals surface area contributed by atoms with Gasteiger partial charge in [-0.15, -0.1) is 12.3 Å². The number of rotatable bonds is 4. The van der Waals surface area contributed by atoms with Gasteiger partial charge in [-0.05, 0) is 6.07 Å². The molecule has 0 saturated heterocycles. The molecule has 15 heavy (non-hydrogen) atoms. The van der Waals surface area contributed by atoms with Gasteiger partial charge in [0.25, 0.3) is 0 Å². The van der Waals surface area contributed by atoms with Gasteiger partial charge in [-0.2, -0.15) is 0 Å². The number of phenols is 1. The van der Waals surface area contributed by atoms with Crippen LogP contribution in [0.1, 0.15) is 12.0 Å². The molecule has 78 valence electrons. The van der Waals surface area contributed by atoms with E-state index < -0.39 is 0 Å². The van der Waals surface area contributed by atoms with Gasteiger partial charge in [0, 0.05) is 18.5 Å². The van der Waals surface area contributed by atoms with Crippen molar-refractivity contribution < 1.29 is 9.90 Å². The van der Waals surface area contributed by atoms with Gasteiger partial charge < -0.3 is 10.4 Å². The zero-order valence-corrected chi connectivity index (χ0v) is 8.36. The molecule has 0 spiro atoms. The lowest BCUT2D eigenvalue weighted by atomic mass is 10.1. The molecule has 0 saturated carbocycles. The maximum Gasteiger partial charge on any atom is 0.224 e. The first kappa shape index (κ1) is 11.1. The summed E-state index contributed by atoms with van der Waals surface area (Å²) in [5.74, 6) is 2.44. The number of para-hydroxylation sites is 1. The number of hydrogen-bond donors (Lipinski definition) is 2. The number of terminal acetylenes is 1. The highest BCUT2D eigenvalue weighted by Gasteiger charge is 2.05. The predicted octanol–water partition coefficient (Wildman–Crippen LogP) is 1.07. The van der Waals surface area contributed by atoms with Gasteiger partial charge in [0.15, 0.2) is 0 Å². The van der Waals surface area contributed by atoms with Crippen molar-refractivity contribution in [3.63, 3.8) is 0 Å². The molecule has 1 amide bonds. The van der Waals surface area contributed by atoms with E-state index in [1.165, 1.54) is 0 Å². The van der Waals surface area contributed by atoms with Gasteiger partial charge >= 0.3 is 0 Å². The third-order valence-electron chi connectivity index (χ3n) is 1.93. The maximum absolute atomic E-state index is 11.3. The summed E-state index contributed by atoms with van der Waals surface area (Å²) >= 11 is 0. The van der Waals surface area contributed by atoms with Gasteiger partial charge in [0.1, 0.15) is 5.75 Å². The third-order valence-corrected chi connectivity index (χ3v) is 1.93. The van der Waals surface area contributed by atoms with Gasteiger partial charge in [-0.1, -0.05) is 18.2 Å². The summed E-state index contributed by atoms with van der Waals surface area (Å²) in [6, 6.07) is 6.78. The Balaban J connectivity index is 2.45. The lowest BCUT2D eigenvalue weighted by Gasteiger charge is -2.04. The van der Waals surface area contributed by atoms with Crippen LogP contribution in [0.4, 0.5) is 0 Å². The quantitative estimate of drug-likeness (QED) is 0.568. The average Bonchev–Trinajstić information content (AvgIpc) is 2.22. The van der Waals surface area contributed by atoms with Gasteiger partial charge in [-0.3, -0.25) is 4.79 Å². The number of benzene rings is 1. The monoisotopic (exact) mass is 203 g/mol. The van der Waals surface area contributed by atoms with Crippen LogP contribution in [0.2, 0.25) is 0 Å². The molecule has 1 rings (SSSR count). The van der Waals surface area contributed by atoms with Gasteiger partial charge in [-0.25, -0.2) is 0 Å². The van der Waals surface area contributed by atoms with Crippen LogP contribution in [0.25, 0.3) is 0 Å². The number of hydrogen-bond acceptors (Lipinski definition) is 2. The molecule has 0 unspecified atom stereocenters. The van der Waals surface area contributed by atoms with E-state index >= 15 is 0 Å². The highest BCUT2D eigenvalue weighted by molar-refractivity contribution is 5.79. The Bertz CT molecular complexity index is 379. The zero-order valence-electron chi connectivity index (χ0n) is 8.36. The van der Waals surface area contributed by atoms with E-state index in [-0.39, 0.29) is 18.1 Å². The Morgan fingerprint density at radius 1 is 1.47 bits per heavy atom. The fourth-order valence-corrected chi connectivity index (χ4v) is 1.17. The summed E-state index contributed by atoms with van der Waals surface area (Å²) in [7, 11) is 0. The largest absolute Gasteiger partial charge is 0.508 e. The van der Waals surface area contributed by atoms with Crippen LogP contribution in [-0.4, -0.2) is 17.6 Å². The fraction of sp³-hybridized carbons (Fsp3) is 0.250. The molecule has 0 aliphatic rings. The smallest absolute Gasteiger partial charge is 0.224 e. The van der Waals surface area contributed by atoms with Crippen molar-refractivity contribution in [2.24, 2.45) is 0 Å². The van der Waals surface area contributed by atoms with E-state index in [2.05, 4.69) is 11.2 Å². The van der Waals surface area contributed by atoms with Crippen molar-refractivity contribution in [1.82, 2.24) is 5.32 Å². The molecule has 0 heterocycles. The molecule has 3 nitrogen and oxygen atoms in total. The summed E-state index contributed by atoms with van der Waals surface area (Å²) in [6.45, 7) is 0.475. The maximum atomic E-state index is 11.3. The lowest BCUT2D eigenvalue weighted by Crippen LogP contribution is -2.25. The minimum Gasteiger partial charge on any atom is -0.508 e. The molecule has 0 aliphatic heterocycles. The summed E-state index contributed by atoms with van der Waals surface area (Å²) in [5.41, 5.74) is 0.621. The van der Waals surface area contributed by atoms with Crippen LogP contribution in [0.15, 0.2) is 24.3 Å². The minimum absolute atomic E-state index is 0.133. The molecule has 0 aromatic heterocycles. The number of carbonyl (C=O) groups excluding carboxylic acids is 1. The van der Waals surface area contributed by atoms with Crippen LogP contribution in [0.3, 0.4) is 0 Å². The molecular weight excluding hydrogens is 190 g/mol. The Morgan fingerprint density at radius 2 is 2.20 bits per heavy atom. The van der Waals surface area contributed by atoms with Crippen molar-refractivity contribution in [2.45, 2.75) is 12.8 Å². The van der Waals surface area contributed by atoms with Crippen molar-refractivity contribution in [3.05, 3.63) is 29.8 Å². The third kappa shape index (κ3) is 3.74. The molecular formula is C12H13NO2. The Morgan fingerprint density at radius 3 is 2.87 bits per heavy atom. The second-order valence-electron chi connectivity index (χ2n) is 3.11. The first-order valence-corrected chi connectivity index (χ1v) is 4.71. The van der Waals surface area contributed by atoms with E-state index in [1.54, 1.807) is 24.3 Å². The molecule has 0 aliphatic carbocycles. The van der Waals surface area contributed by atoms with E-state index in [0.29, 0.717) is 18.5 Å². The summed E-state index contributed by atoms with van der Waals surface area (Å²) in [4.78, 5) is 11.3. The van der Waals surface area contributed by atoms with Crippen molar-refractivity contribution in [2.75, 3.05) is 6.54 Å². The predicted molar refractivity (Wildman–Crippen MR) is 58.3 cm³/mol. The Kier molecular flexibility index (Phi) is 4.24. The lowest BCUT2D eigenvalue weighted by molar-refractivity contribution is -0.120. The van der Waals surface area contributed by atoms with E-state index in [4.69, 9.17) is 6.42 Å². The molecule has 0 bridgehead atoms. The molecule has 2 N–H and O–H groups in total. The highest BCUT2D eigenvalue weighted by atomic mass is 16.3. The molecule has 0 radical (unpaired) electrons. The normalized spacial score (nSPS) is 9.27. The Hall–Kier alpha value is -1.95. The minimum atomic E-state index is -0.133.